The number of hydrogen-bond donors (Lipinski definition) is 0. The molecule has 0 aromatic heterocycles. The molecule has 0 atom stereocenters. The minimum Gasteiger partial charge on any atom is -0.445 e. The first-order chi connectivity index (χ1) is 12.5. The second-order valence-electron chi connectivity index (χ2n) is 7.38. The molecule has 5 nitrogen and oxygen atoms in total. The largest absolute Gasteiger partial charge is 0.445 e. The van der Waals surface area contributed by atoms with E-state index in [1.165, 1.54) is 0 Å². The van der Waals surface area contributed by atoms with Crippen LogP contribution in [-0.2, 0) is 16.1 Å². The molecule has 5 heteroatoms. The Morgan fingerprint density at radius 1 is 1.23 bits per heavy atom. The SMILES string of the molecule is CN(C)C=C1CC2(C=CC1=O)CCN(C(=O)OCc1ccccc1)CC2. The zero-order valence-corrected chi connectivity index (χ0v) is 15.5. The van der Waals surface area contributed by atoms with E-state index in [0.717, 1.165) is 30.4 Å². The second-order valence-corrected chi connectivity index (χ2v) is 7.38. The summed E-state index contributed by atoms with van der Waals surface area (Å²) in [5.41, 5.74) is 1.81. The van der Waals surface area contributed by atoms with Gasteiger partial charge in [0.2, 0.25) is 0 Å². The monoisotopic (exact) mass is 354 g/mol. The van der Waals surface area contributed by atoms with Gasteiger partial charge in [-0.3, -0.25) is 4.79 Å². The van der Waals surface area contributed by atoms with Crippen LogP contribution in [0.2, 0.25) is 0 Å². The van der Waals surface area contributed by atoms with Gasteiger partial charge in [0.1, 0.15) is 6.61 Å². The van der Waals surface area contributed by atoms with E-state index in [0.29, 0.717) is 19.7 Å². The molecule has 1 aromatic carbocycles. The lowest BCUT2D eigenvalue weighted by Crippen LogP contribution is -2.44. The molecule has 0 unspecified atom stereocenters. The molecule has 1 saturated heterocycles. The van der Waals surface area contributed by atoms with Crippen molar-refractivity contribution < 1.29 is 14.3 Å². The average Bonchev–Trinajstić information content (AvgIpc) is 2.64. The molecule has 3 rings (SSSR count). The third kappa shape index (κ3) is 4.34. The summed E-state index contributed by atoms with van der Waals surface area (Å²) in [6, 6.07) is 9.70. The lowest BCUT2D eigenvalue weighted by molar-refractivity contribution is -0.112. The Morgan fingerprint density at radius 2 is 1.92 bits per heavy atom. The fraction of sp³-hybridized carbons (Fsp3) is 0.429. The van der Waals surface area contributed by atoms with Gasteiger partial charge in [-0.15, -0.1) is 0 Å². The van der Waals surface area contributed by atoms with E-state index in [9.17, 15) is 9.59 Å². The number of allylic oxidation sites excluding steroid dienone is 3. The van der Waals surface area contributed by atoms with Gasteiger partial charge in [0.05, 0.1) is 0 Å². The van der Waals surface area contributed by atoms with E-state index in [2.05, 4.69) is 6.08 Å². The number of benzene rings is 1. The average molecular weight is 354 g/mol. The Hall–Kier alpha value is -2.56. The molecule has 1 aliphatic carbocycles. The van der Waals surface area contributed by atoms with Gasteiger partial charge in [-0.1, -0.05) is 36.4 Å². The zero-order chi connectivity index (χ0) is 18.6. The summed E-state index contributed by atoms with van der Waals surface area (Å²) in [6.07, 6.45) is 7.84. The van der Waals surface area contributed by atoms with Crippen molar-refractivity contribution in [1.29, 1.82) is 0 Å². The van der Waals surface area contributed by atoms with Gasteiger partial charge < -0.3 is 14.5 Å². The molecule has 1 aromatic rings. The van der Waals surface area contributed by atoms with Crippen LogP contribution in [0, 0.1) is 5.41 Å². The summed E-state index contributed by atoms with van der Waals surface area (Å²) in [5.74, 6) is 0.0917. The first-order valence-electron chi connectivity index (χ1n) is 9.04. The van der Waals surface area contributed by atoms with Gasteiger partial charge in [0.25, 0.3) is 0 Å². The minimum atomic E-state index is -0.261. The van der Waals surface area contributed by atoms with Crippen molar-refractivity contribution in [3.63, 3.8) is 0 Å². The number of ketones is 1. The van der Waals surface area contributed by atoms with Gasteiger partial charge in [-0.25, -0.2) is 4.79 Å². The number of nitrogens with zero attached hydrogens (tertiary/aromatic N) is 2. The Labute approximate surface area is 154 Å². The van der Waals surface area contributed by atoms with Crippen LogP contribution in [0.3, 0.4) is 0 Å². The molecule has 138 valence electrons. The highest BCUT2D eigenvalue weighted by atomic mass is 16.6. The van der Waals surface area contributed by atoms with Gasteiger partial charge in [-0.05, 0) is 36.3 Å². The molecular weight excluding hydrogens is 328 g/mol. The molecule has 0 saturated carbocycles. The molecule has 0 bridgehead atoms. The van der Waals surface area contributed by atoms with Gasteiger partial charge in [0.15, 0.2) is 5.78 Å². The second kappa shape index (κ2) is 7.77. The van der Waals surface area contributed by atoms with Crippen LogP contribution in [-0.4, -0.2) is 48.9 Å². The summed E-state index contributed by atoms with van der Waals surface area (Å²) in [6.45, 7) is 1.61. The Kier molecular flexibility index (Phi) is 5.45. The van der Waals surface area contributed by atoms with Crippen molar-refractivity contribution in [2.45, 2.75) is 25.9 Å². The highest BCUT2D eigenvalue weighted by molar-refractivity contribution is 6.05. The van der Waals surface area contributed by atoms with Crippen molar-refractivity contribution >= 4 is 11.9 Å². The fourth-order valence-corrected chi connectivity index (χ4v) is 3.59. The van der Waals surface area contributed by atoms with Crippen molar-refractivity contribution in [3.8, 4) is 0 Å². The molecular formula is C21H26N2O3. The third-order valence-corrected chi connectivity index (χ3v) is 5.08. The van der Waals surface area contributed by atoms with Crippen LogP contribution >= 0.6 is 0 Å². The molecule has 1 aliphatic heterocycles. The number of rotatable bonds is 3. The minimum absolute atomic E-state index is 0.0219. The van der Waals surface area contributed by atoms with Gasteiger partial charge >= 0.3 is 6.09 Å². The van der Waals surface area contributed by atoms with E-state index in [1.807, 2.05) is 55.5 Å². The molecule has 26 heavy (non-hydrogen) atoms. The molecule has 2 aliphatic rings. The lowest BCUT2D eigenvalue weighted by atomic mass is 9.70. The predicted octanol–water partition coefficient (Wildman–Crippen LogP) is 3.38. The number of ether oxygens (including phenoxy) is 1. The summed E-state index contributed by atoms with van der Waals surface area (Å²) >= 11 is 0. The number of hydrogen-bond acceptors (Lipinski definition) is 4. The summed E-state index contributed by atoms with van der Waals surface area (Å²) in [5, 5.41) is 0. The van der Waals surface area contributed by atoms with Crippen LogP contribution in [0.15, 0.2) is 54.3 Å². The number of likely N-dealkylation sites (tertiary alicyclic amines) is 1. The highest BCUT2D eigenvalue weighted by Gasteiger charge is 2.38. The van der Waals surface area contributed by atoms with Crippen molar-refractivity contribution in [1.82, 2.24) is 9.80 Å². The van der Waals surface area contributed by atoms with Crippen LogP contribution in [0.5, 0.6) is 0 Å². The normalized spacial score (nSPS) is 20.5. The smallest absolute Gasteiger partial charge is 0.410 e. The number of amides is 1. The molecule has 1 amide bonds. The van der Waals surface area contributed by atoms with Gasteiger partial charge in [0, 0.05) is 39.0 Å². The fourth-order valence-electron chi connectivity index (χ4n) is 3.59. The van der Waals surface area contributed by atoms with E-state index < -0.39 is 0 Å². The standard InChI is InChI=1S/C21H26N2O3/c1-22(2)15-18-14-21(9-8-19(18)24)10-12-23(13-11-21)20(25)26-16-17-6-4-3-5-7-17/h3-9,15H,10-14,16H2,1-2H3. The van der Waals surface area contributed by atoms with Crippen LogP contribution < -0.4 is 0 Å². The summed E-state index contributed by atoms with van der Waals surface area (Å²) in [7, 11) is 3.85. The number of carbonyl (C=O) groups is 2. The van der Waals surface area contributed by atoms with E-state index >= 15 is 0 Å². The van der Waals surface area contributed by atoms with Crippen LogP contribution in [0.25, 0.3) is 0 Å². The van der Waals surface area contributed by atoms with Crippen LogP contribution in [0.1, 0.15) is 24.8 Å². The Balaban J connectivity index is 1.56. The van der Waals surface area contributed by atoms with E-state index in [1.54, 1.807) is 11.0 Å². The van der Waals surface area contributed by atoms with Crippen molar-refractivity contribution in [2.24, 2.45) is 5.41 Å². The quantitative estimate of drug-likeness (QED) is 0.781. The lowest BCUT2D eigenvalue weighted by Gasteiger charge is -2.41. The number of carbonyl (C=O) groups excluding carboxylic acids is 2. The van der Waals surface area contributed by atoms with E-state index in [-0.39, 0.29) is 17.3 Å². The summed E-state index contributed by atoms with van der Waals surface area (Å²) in [4.78, 5) is 28.1. The first-order valence-corrected chi connectivity index (χ1v) is 9.04. The molecule has 1 fully saturated rings. The first kappa shape index (κ1) is 18.2. The number of piperidine rings is 1. The summed E-state index contributed by atoms with van der Waals surface area (Å²) < 4.78 is 5.43. The zero-order valence-electron chi connectivity index (χ0n) is 15.5. The van der Waals surface area contributed by atoms with Gasteiger partial charge in [-0.2, -0.15) is 0 Å². The Bertz CT molecular complexity index is 714. The topological polar surface area (TPSA) is 49.9 Å². The third-order valence-electron chi connectivity index (χ3n) is 5.08. The molecule has 1 heterocycles. The molecule has 0 radical (unpaired) electrons. The maximum Gasteiger partial charge on any atom is 0.410 e. The highest BCUT2D eigenvalue weighted by Crippen LogP contribution is 2.42. The Morgan fingerprint density at radius 3 is 2.58 bits per heavy atom. The maximum atomic E-state index is 12.3. The molecule has 0 N–H and O–H groups in total. The van der Waals surface area contributed by atoms with E-state index in [4.69, 9.17) is 4.74 Å². The predicted molar refractivity (Wildman–Crippen MR) is 100 cm³/mol. The van der Waals surface area contributed by atoms with Crippen molar-refractivity contribution in [2.75, 3.05) is 27.2 Å². The molecule has 1 spiro atoms. The van der Waals surface area contributed by atoms with Crippen LogP contribution in [0.4, 0.5) is 4.79 Å². The maximum absolute atomic E-state index is 12.3. The van der Waals surface area contributed by atoms with Crippen molar-refractivity contribution in [3.05, 3.63) is 59.8 Å².